The predicted octanol–water partition coefficient (Wildman–Crippen LogP) is 2.46. The van der Waals surface area contributed by atoms with Crippen molar-refractivity contribution < 1.29 is 19.0 Å². The Balaban J connectivity index is 2.92. The Bertz CT molecular complexity index is 445. The van der Waals surface area contributed by atoms with Crippen molar-refractivity contribution in [3.8, 4) is 5.75 Å². The maximum atomic E-state index is 11.9. The highest BCUT2D eigenvalue weighted by molar-refractivity contribution is 5.80. The quantitative estimate of drug-likeness (QED) is 0.778. The molecule has 0 saturated heterocycles. The highest BCUT2D eigenvalue weighted by atomic mass is 16.5. The zero-order valence-corrected chi connectivity index (χ0v) is 12.7. The molecule has 0 bridgehead atoms. The number of benzene rings is 1. The van der Waals surface area contributed by atoms with Gasteiger partial charge in [0.05, 0.1) is 25.5 Å². The number of carbonyl (C=O) groups excluding carboxylic acids is 1. The van der Waals surface area contributed by atoms with E-state index in [0.29, 0.717) is 12.2 Å². The first-order chi connectivity index (χ1) is 9.43. The molecule has 1 aromatic rings. The Morgan fingerprint density at radius 3 is 2.45 bits per heavy atom. The van der Waals surface area contributed by atoms with E-state index in [1.807, 2.05) is 38.1 Å². The minimum atomic E-state index is -0.508. The average molecular weight is 281 g/mol. The molecule has 20 heavy (non-hydrogen) atoms. The molecule has 1 unspecified atom stereocenters. The molecule has 112 valence electrons. The molecular formula is C15H23NO4. The lowest BCUT2D eigenvalue weighted by atomic mass is 9.98. The Labute approximate surface area is 120 Å². The van der Waals surface area contributed by atoms with E-state index in [2.05, 4.69) is 5.32 Å². The number of anilines is 1. The van der Waals surface area contributed by atoms with Gasteiger partial charge in [0.1, 0.15) is 11.8 Å². The van der Waals surface area contributed by atoms with E-state index in [-0.39, 0.29) is 5.97 Å². The molecule has 0 aromatic heterocycles. The molecule has 0 aliphatic rings. The number of hydrogen-bond acceptors (Lipinski definition) is 5. The van der Waals surface area contributed by atoms with E-state index >= 15 is 0 Å². The Hall–Kier alpha value is -1.75. The summed E-state index contributed by atoms with van der Waals surface area (Å²) in [5.74, 6) is 0.345. The highest BCUT2D eigenvalue weighted by Crippen LogP contribution is 2.26. The van der Waals surface area contributed by atoms with E-state index < -0.39 is 11.6 Å². The topological polar surface area (TPSA) is 56.8 Å². The summed E-state index contributed by atoms with van der Waals surface area (Å²) in [6.45, 7) is 3.85. The number of carbonyl (C=O) groups is 1. The van der Waals surface area contributed by atoms with Crippen LogP contribution in [0.2, 0.25) is 0 Å². The maximum absolute atomic E-state index is 11.9. The first-order valence-corrected chi connectivity index (χ1v) is 6.46. The third kappa shape index (κ3) is 4.42. The van der Waals surface area contributed by atoms with Crippen LogP contribution in [0, 0.1) is 0 Å². The van der Waals surface area contributed by atoms with Crippen LogP contribution in [0.4, 0.5) is 5.69 Å². The van der Waals surface area contributed by atoms with Gasteiger partial charge in [-0.3, -0.25) is 0 Å². The van der Waals surface area contributed by atoms with Gasteiger partial charge >= 0.3 is 5.97 Å². The molecule has 1 N–H and O–H groups in total. The second kappa shape index (κ2) is 7.14. The van der Waals surface area contributed by atoms with Crippen molar-refractivity contribution in [3.05, 3.63) is 24.3 Å². The molecule has 0 aliphatic carbocycles. The van der Waals surface area contributed by atoms with E-state index in [1.165, 1.54) is 7.11 Å². The van der Waals surface area contributed by atoms with Gasteiger partial charge in [-0.2, -0.15) is 0 Å². The molecule has 0 radical (unpaired) electrons. The molecule has 0 fully saturated rings. The van der Waals surface area contributed by atoms with Crippen molar-refractivity contribution in [2.24, 2.45) is 0 Å². The predicted molar refractivity (Wildman–Crippen MR) is 78.1 cm³/mol. The molecule has 1 atom stereocenters. The van der Waals surface area contributed by atoms with Crippen LogP contribution in [-0.2, 0) is 14.3 Å². The normalized spacial score (nSPS) is 12.7. The van der Waals surface area contributed by atoms with Crippen molar-refractivity contribution in [3.63, 3.8) is 0 Å². The summed E-state index contributed by atoms with van der Waals surface area (Å²) in [4.78, 5) is 11.9. The number of rotatable bonds is 7. The minimum Gasteiger partial charge on any atom is -0.495 e. The second-order valence-corrected chi connectivity index (χ2v) is 5.09. The van der Waals surface area contributed by atoms with Crippen molar-refractivity contribution in [1.82, 2.24) is 0 Å². The number of nitrogens with one attached hydrogen (secondary N) is 1. The third-order valence-corrected chi connectivity index (χ3v) is 3.17. The highest BCUT2D eigenvalue weighted by Gasteiger charge is 2.29. The Morgan fingerprint density at radius 2 is 1.90 bits per heavy atom. The number of para-hydroxylation sites is 2. The van der Waals surface area contributed by atoms with Gasteiger partial charge < -0.3 is 19.5 Å². The van der Waals surface area contributed by atoms with Crippen molar-refractivity contribution >= 4 is 11.7 Å². The number of hydrogen-bond donors (Lipinski definition) is 1. The van der Waals surface area contributed by atoms with E-state index in [9.17, 15) is 4.79 Å². The molecule has 0 amide bonds. The summed E-state index contributed by atoms with van der Waals surface area (Å²) in [6, 6.07) is 6.93. The largest absolute Gasteiger partial charge is 0.495 e. The summed E-state index contributed by atoms with van der Waals surface area (Å²) in [7, 11) is 4.59. The fourth-order valence-electron chi connectivity index (χ4n) is 1.86. The smallest absolute Gasteiger partial charge is 0.328 e. The van der Waals surface area contributed by atoms with Crippen LogP contribution in [0.3, 0.4) is 0 Å². The maximum Gasteiger partial charge on any atom is 0.328 e. The average Bonchev–Trinajstić information content (AvgIpc) is 2.46. The lowest BCUT2D eigenvalue weighted by molar-refractivity contribution is -0.143. The van der Waals surface area contributed by atoms with Gasteiger partial charge in [-0.15, -0.1) is 0 Å². The van der Waals surface area contributed by atoms with Crippen LogP contribution >= 0.6 is 0 Å². The van der Waals surface area contributed by atoms with Gasteiger partial charge in [-0.1, -0.05) is 12.1 Å². The fourth-order valence-corrected chi connectivity index (χ4v) is 1.86. The van der Waals surface area contributed by atoms with Crippen LogP contribution in [0.1, 0.15) is 20.3 Å². The first kappa shape index (κ1) is 16.3. The van der Waals surface area contributed by atoms with Gasteiger partial charge in [0.15, 0.2) is 0 Å². The summed E-state index contributed by atoms with van der Waals surface area (Å²) in [6.07, 6.45) is 0.480. The summed E-state index contributed by atoms with van der Waals surface area (Å²) >= 11 is 0. The Morgan fingerprint density at radius 1 is 1.25 bits per heavy atom. The van der Waals surface area contributed by atoms with Crippen molar-refractivity contribution in [1.29, 1.82) is 0 Å². The zero-order chi connectivity index (χ0) is 15.2. The molecule has 0 saturated carbocycles. The van der Waals surface area contributed by atoms with Crippen LogP contribution in [-0.4, -0.2) is 38.9 Å². The van der Waals surface area contributed by atoms with E-state index in [1.54, 1.807) is 14.2 Å². The van der Waals surface area contributed by atoms with E-state index in [0.717, 1.165) is 5.69 Å². The van der Waals surface area contributed by atoms with Gasteiger partial charge in [0, 0.05) is 13.5 Å². The van der Waals surface area contributed by atoms with Gasteiger partial charge in [-0.25, -0.2) is 4.79 Å². The van der Waals surface area contributed by atoms with Gasteiger partial charge in [0.25, 0.3) is 0 Å². The lowest BCUT2D eigenvalue weighted by Gasteiger charge is -2.28. The summed E-state index contributed by atoms with van der Waals surface area (Å²) in [5.41, 5.74) is 0.311. The van der Waals surface area contributed by atoms with Crippen LogP contribution in [0.15, 0.2) is 24.3 Å². The molecule has 0 heterocycles. The second-order valence-electron chi connectivity index (χ2n) is 5.09. The zero-order valence-electron chi connectivity index (χ0n) is 12.7. The van der Waals surface area contributed by atoms with Gasteiger partial charge in [-0.05, 0) is 26.0 Å². The number of methoxy groups -OCH3 is 3. The van der Waals surface area contributed by atoms with Crippen LogP contribution in [0.25, 0.3) is 0 Å². The monoisotopic (exact) mass is 281 g/mol. The molecule has 1 rings (SSSR count). The minimum absolute atomic E-state index is 0.332. The standard InChI is InChI=1S/C15H23NO4/c1-15(2,20-5)10-12(14(17)19-4)16-11-8-6-7-9-13(11)18-3/h6-9,12,16H,10H2,1-5H3. The summed E-state index contributed by atoms with van der Waals surface area (Å²) in [5, 5.41) is 3.16. The molecule has 0 spiro atoms. The third-order valence-electron chi connectivity index (χ3n) is 3.17. The molecule has 5 nitrogen and oxygen atoms in total. The van der Waals surface area contributed by atoms with Crippen LogP contribution in [0.5, 0.6) is 5.75 Å². The fraction of sp³-hybridized carbons (Fsp3) is 0.533. The molecule has 5 heteroatoms. The number of esters is 1. The van der Waals surface area contributed by atoms with Crippen molar-refractivity contribution in [2.75, 3.05) is 26.6 Å². The van der Waals surface area contributed by atoms with Gasteiger partial charge in [0.2, 0.25) is 0 Å². The first-order valence-electron chi connectivity index (χ1n) is 6.46. The lowest BCUT2D eigenvalue weighted by Crippen LogP contribution is -2.39. The van der Waals surface area contributed by atoms with Crippen LogP contribution < -0.4 is 10.1 Å². The summed E-state index contributed by atoms with van der Waals surface area (Å²) < 4.78 is 15.5. The SMILES string of the molecule is COC(=O)C(CC(C)(C)OC)Nc1ccccc1OC. The Kier molecular flexibility index (Phi) is 5.82. The molecule has 1 aromatic carbocycles. The molecule has 0 aliphatic heterocycles. The molecular weight excluding hydrogens is 258 g/mol. The van der Waals surface area contributed by atoms with E-state index in [4.69, 9.17) is 14.2 Å². The van der Waals surface area contributed by atoms with Crippen molar-refractivity contribution in [2.45, 2.75) is 31.9 Å². The number of ether oxygens (including phenoxy) is 3.